The molecule has 0 bridgehead atoms. The summed E-state index contributed by atoms with van der Waals surface area (Å²) in [7, 11) is 0. The summed E-state index contributed by atoms with van der Waals surface area (Å²) in [5.74, 6) is -2.01. The number of amides is 2. The maximum absolute atomic E-state index is 13.9. The number of benzene rings is 1. The quantitative estimate of drug-likeness (QED) is 0.839. The number of carbonyl (C=O) groups is 2. The Hall–Kier alpha value is -2.38. The van der Waals surface area contributed by atoms with Crippen molar-refractivity contribution in [2.24, 2.45) is 0 Å². The Bertz CT molecular complexity index is 727. The maximum Gasteiger partial charge on any atom is 0.465 e. The minimum Gasteiger partial charge on any atom is -0.298 e. The van der Waals surface area contributed by atoms with Gasteiger partial charge in [0.1, 0.15) is 6.04 Å². The molecule has 2 N–H and O–H groups in total. The molecule has 140 valence electrons. The Morgan fingerprint density at radius 1 is 1.19 bits per heavy atom. The molecular weight excluding hydrogens is 347 g/mol. The van der Waals surface area contributed by atoms with E-state index in [0.717, 1.165) is 26.2 Å². The fraction of sp³-hybridized carbons (Fsp3) is 0.500. The fourth-order valence-corrected chi connectivity index (χ4v) is 3.68. The molecule has 0 spiro atoms. The molecule has 5 nitrogen and oxygen atoms in total. The van der Waals surface area contributed by atoms with Gasteiger partial charge in [0, 0.05) is 6.92 Å². The zero-order valence-electron chi connectivity index (χ0n) is 14.4. The second-order valence-corrected chi connectivity index (χ2v) is 6.74. The van der Waals surface area contributed by atoms with Crippen LogP contribution in [0.1, 0.15) is 44.6 Å². The zero-order valence-corrected chi connectivity index (χ0v) is 14.4. The summed E-state index contributed by atoms with van der Waals surface area (Å²) in [6.07, 6.45) is -0.997. The minimum atomic E-state index is -4.99. The summed E-state index contributed by atoms with van der Waals surface area (Å²) in [5, 5.41) is 1.83. The number of rotatable bonds is 3. The van der Waals surface area contributed by atoms with E-state index in [1.54, 1.807) is 30.3 Å². The Kier molecular flexibility index (Phi) is 4.77. The van der Waals surface area contributed by atoms with Gasteiger partial charge in [-0.15, -0.1) is 0 Å². The number of halogens is 3. The Morgan fingerprint density at radius 2 is 1.81 bits per heavy atom. The predicted octanol–water partition coefficient (Wildman–Crippen LogP) is 1.08. The number of alkyl halides is 3. The highest BCUT2D eigenvalue weighted by molar-refractivity contribution is 6.11. The zero-order chi connectivity index (χ0) is 18.9. The molecule has 1 heterocycles. The van der Waals surface area contributed by atoms with Crippen molar-refractivity contribution < 1.29 is 27.8 Å². The van der Waals surface area contributed by atoms with Crippen LogP contribution in [0.5, 0.6) is 0 Å². The lowest BCUT2D eigenvalue weighted by Gasteiger charge is -2.28. The summed E-state index contributed by atoms with van der Waals surface area (Å²) in [4.78, 5) is 28.0. The van der Waals surface area contributed by atoms with E-state index < -0.39 is 23.7 Å². The summed E-state index contributed by atoms with van der Waals surface area (Å²) in [6, 6.07) is 8.10. The van der Waals surface area contributed by atoms with Gasteiger partial charge >= 0.3 is 17.7 Å². The number of nitrogens with one attached hydrogen (secondary N) is 2. The Morgan fingerprint density at radius 3 is 2.35 bits per heavy atom. The number of amidine groups is 1. The van der Waals surface area contributed by atoms with Gasteiger partial charge in [0.15, 0.2) is 0 Å². The molecular formula is C18H21F3N3O2+. The van der Waals surface area contributed by atoms with Gasteiger partial charge in [0.25, 0.3) is 5.84 Å². The van der Waals surface area contributed by atoms with Crippen LogP contribution in [0.3, 0.4) is 0 Å². The van der Waals surface area contributed by atoms with Crippen molar-refractivity contribution in [1.29, 1.82) is 0 Å². The van der Waals surface area contributed by atoms with Crippen molar-refractivity contribution >= 4 is 17.6 Å². The van der Waals surface area contributed by atoms with Crippen LogP contribution >= 0.6 is 0 Å². The number of hydrogen-bond acceptors (Lipinski definition) is 2. The van der Waals surface area contributed by atoms with E-state index >= 15 is 0 Å². The molecule has 1 atom stereocenters. The van der Waals surface area contributed by atoms with Gasteiger partial charge in [-0.2, -0.15) is 18.1 Å². The average Bonchev–Trinajstić information content (AvgIpc) is 2.89. The van der Waals surface area contributed by atoms with Crippen molar-refractivity contribution in [3.63, 3.8) is 0 Å². The standard InChI is InChI=1S/C18H20F3N3O2/c1-12(25)22-17(18(19,20)21)16(26)24(14-10-6-3-7-11-14)15(23-17)13-8-4-2-5-9-13/h2,4-5,8-9,14H,3,6-7,10-11H2,1H3,(H,22,25)/p+1/t17-/m1/s1. The van der Waals surface area contributed by atoms with Crippen LogP contribution in [0.15, 0.2) is 30.3 Å². The van der Waals surface area contributed by atoms with Crippen LogP contribution in [0, 0.1) is 0 Å². The van der Waals surface area contributed by atoms with Crippen LogP contribution in [0.2, 0.25) is 0 Å². The van der Waals surface area contributed by atoms with Crippen molar-refractivity contribution in [3.05, 3.63) is 35.9 Å². The third kappa shape index (κ3) is 3.08. The lowest BCUT2D eigenvalue weighted by atomic mass is 9.93. The molecule has 1 aromatic rings. The lowest BCUT2D eigenvalue weighted by Crippen LogP contribution is -2.96. The number of hydrogen-bond donors (Lipinski definition) is 2. The highest BCUT2D eigenvalue weighted by atomic mass is 19.4. The van der Waals surface area contributed by atoms with E-state index in [4.69, 9.17) is 0 Å². The van der Waals surface area contributed by atoms with Crippen LogP contribution in [-0.2, 0) is 9.59 Å². The molecule has 0 aromatic heterocycles. The molecule has 0 unspecified atom stereocenters. The van der Waals surface area contributed by atoms with Crippen molar-refractivity contribution in [2.45, 2.75) is 56.9 Å². The van der Waals surface area contributed by atoms with Gasteiger partial charge in [0.2, 0.25) is 5.91 Å². The smallest absolute Gasteiger partial charge is 0.298 e. The second-order valence-electron chi connectivity index (χ2n) is 6.74. The summed E-state index contributed by atoms with van der Waals surface area (Å²) in [5.41, 5.74) is -2.66. The van der Waals surface area contributed by atoms with E-state index in [1.807, 2.05) is 5.32 Å². The first-order valence-electron chi connectivity index (χ1n) is 8.66. The molecule has 2 amide bonds. The van der Waals surface area contributed by atoms with Crippen LogP contribution in [-0.4, -0.2) is 40.4 Å². The highest BCUT2D eigenvalue weighted by Gasteiger charge is 2.73. The van der Waals surface area contributed by atoms with E-state index in [-0.39, 0.29) is 11.9 Å². The third-order valence-corrected chi connectivity index (χ3v) is 4.86. The Labute approximate surface area is 149 Å². The molecule has 0 radical (unpaired) electrons. The first kappa shape index (κ1) is 18.4. The first-order valence-corrected chi connectivity index (χ1v) is 8.66. The predicted molar refractivity (Wildman–Crippen MR) is 87.8 cm³/mol. The molecule has 1 saturated carbocycles. The van der Waals surface area contributed by atoms with E-state index in [2.05, 4.69) is 4.99 Å². The van der Waals surface area contributed by atoms with Gasteiger partial charge in [0.05, 0.1) is 5.56 Å². The molecule has 0 saturated heterocycles. The van der Waals surface area contributed by atoms with Gasteiger partial charge in [-0.3, -0.25) is 10.1 Å². The molecule has 2 aliphatic rings. The maximum atomic E-state index is 13.9. The molecule has 1 fully saturated rings. The number of nitrogens with zero attached hydrogens (tertiary/aromatic N) is 1. The molecule has 8 heteroatoms. The monoisotopic (exact) mass is 368 g/mol. The van der Waals surface area contributed by atoms with E-state index in [1.165, 1.54) is 4.90 Å². The van der Waals surface area contributed by atoms with E-state index in [9.17, 15) is 22.8 Å². The fourth-order valence-electron chi connectivity index (χ4n) is 3.68. The van der Waals surface area contributed by atoms with Crippen molar-refractivity contribution in [3.8, 4) is 0 Å². The Balaban J connectivity index is 2.13. The summed E-state index contributed by atoms with van der Waals surface area (Å²) >= 11 is 0. The molecule has 1 aliphatic heterocycles. The van der Waals surface area contributed by atoms with Crippen molar-refractivity contribution in [1.82, 2.24) is 10.2 Å². The normalized spacial score (nSPS) is 24.5. The topological polar surface area (TPSA) is 63.4 Å². The summed E-state index contributed by atoms with van der Waals surface area (Å²) < 4.78 is 41.8. The molecule has 3 rings (SSSR count). The summed E-state index contributed by atoms with van der Waals surface area (Å²) in [6.45, 7) is 0.966. The molecule has 26 heavy (non-hydrogen) atoms. The van der Waals surface area contributed by atoms with E-state index in [0.29, 0.717) is 18.4 Å². The lowest BCUT2D eigenvalue weighted by molar-refractivity contribution is -0.581. The molecule has 1 aromatic carbocycles. The van der Waals surface area contributed by atoms with Crippen LogP contribution in [0.4, 0.5) is 13.2 Å². The third-order valence-electron chi connectivity index (χ3n) is 4.86. The van der Waals surface area contributed by atoms with Gasteiger partial charge in [-0.25, -0.2) is 9.79 Å². The van der Waals surface area contributed by atoms with Crippen LogP contribution < -0.4 is 10.3 Å². The SMILES string of the molecule is CC(=O)N[C@@]1(C(F)(F)F)[NH+]=C(c2ccccc2)N(C2CCCCC2)C1=O. The number of carbonyl (C=O) groups excluding carboxylic acids is 2. The molecule has 1 aliphatic carbocycles. The largest absolute Gasteiger partial charge is 0.465 e. The van der Waals surface area contributed by atoms with Crippen molar-refractivity contribution in [2.75, 3.05) is 0 Å². The van der Waals surface area contributed by atoms with Gasteiger partial charge in [-0.05, 0) is 37.8 Å². The van der Waals surface area contributed by atoms with Gasteiger partial charge in [-0.1, -0.05) is 24.6 Å². The first-order chi connectivity index (χ1) is 12.3. The average molecular weight is 368 g/mol. The van der Waals surface area contributed by atoms with Gasteiger partial charge < -0.3 is 0 Å². The minimum absolute atomic E-state index is 0.0913. The second kappa shape index (κ2) is 6.74. The highest BCUT2D eigenvalue weighted by Crippen LogP contribution is 2.33. The van der Waals surface area contributed by atoms with Crippen LogP contribution in [0.25, 0.3) is 0 Å².